The van der Waals surface area contributed by atoms with Crippen LogP contribution in [0.4, 0.5) is 0 Å². The predicted octanol–water partition coefficient (Wildman–Crippen LogP) is 3.46. The molecule has 2 heterocycles. The molecule has 0 bridgehead atoms. The quantitative estimate of drug-likeness (QED) is 0.546. The number of rotatable bonds is 6. The summed E-state index contributed by atoms with van der Waals surface area (Å²) in [7, 11) is -3.03. The summed E-state index contributed by atoms with van der Waals surface area (Å²) >= 11 is 1.39. The highest BCUT2D eigenvalue weighted by molar-refractivity contribution is 7.99. The van der Waals surface area contributed by atoms with Gasteiger partial charge in [-0.15, -0.1) is 0 Å². The molecule has 1 unspecified atom stereocenters. The summed E-state index contributed by atoms with van der Waals surface area (Å²) in [6.07, 6.45) is 0.522. The third kappa shape index (κ3) is 4.25. The fourth-order valence-corrected chi connectivity index (χ4v) is 6.56. The average molecular weight is 444 g/mol. The molecule has 0 spiro atoms. The van der Waals surface area contributed by atoms with Gasteiger partial charge in [0.25, 0.3) is 0 Å². The Morgan fingerprint density at radius 2 is 1.93 bits per heavy atom. The van der Waals surface area contributed by atoms with E-state index in [-0.39, 0.29) is 29.2 Å². The first-order valence-electron chi connectivity index (χ1n) is 10.0. The minimum atomic E-state index is -3.03. The van der Waals surface area contributed by atoms with Gasteiger partial charge < -0.3 is 4.90 Å². The molecule has 0 radical (unpaired) electrons. The molecule has 1 aliphatic rings. The zero-order valence-corrected chi connectivity index (χ0v) is 18.7. The second-order valence-electron chi connectivity index (χ2n) is 7.58. The number of hydrogen-bond donors (Lipinski definition) is 0. The Hall–Kier alpha value is -2.32. The van der Waals surface area contributed by atoms with Crippen molar-refractivity contribution in [1.29, 1.82) is 0 Å². The van der Waals surface area contributed by atoms with Gasteiger partial charge in [-0.25, -0.2) is 13.4 Å². The largest absolute Gasteiger partial charge is 0.338 e. The van der Waals surface area contributed by atoms with Gasteiger partial charge in [0, 0.05) is 18.3 Å². The molecule has 30 heavy (non-hydrogen) atoms. The van der Waals surface area contributed by atoms with Crippen LogP contribution in [0.15, 0.2) is 53.7 Å². The van der Waals surface area contributed by atoms with Gasteiger partial charge in [-0.05, 0) is 44.5 Å². The second kappa shape index (κ2) is 8.43. The van der Waals surface area contributed by atoms with Crippen LogP contribution in [0, 0.1) is 6.92 Å². The van der Waals surface area contributed by atoms with E-state index in [1.807, 2.05) is 38.1 Å². The zero-order valence-electron chi connectivity index (χ0n) is 17.1. The maximum absolute atomic E-state index is 12.9. The first-order chi connectivity index (χ1) is 14.4. The number of carbonyl (C=O) groups excluding carboxylic acids is 1. The van der Waals surface area contributed by atoms with Crippen LogP contribution in [0.1, 0.15) is 18.9 Å². The fraction of sp³-hybridized carbons (Fsp3) is 0.364. The van der Waals surface area contributed by atoms with Crippen molar-refractivity contribution in [2.75, 3.05) is 23.8 Å². The van der Waals surface area contributed by atoms with Crippen LogP contribution in [-0.4, -0.2) is 58.6 Å². The summed E-state index contributed by atoms with van der Waals surface area (Å²) in [6.45, 7) is 4.45. The van der Waals surface area contributed by atoms with Crippen molar-refractivity contribution in [2.24, 2.45) is 0 Å². The Kier molecular flexibility index (Phi) is 5.88. The van der Waals surface area contributed by atoms with Crippen molar-refractivity contribution >= 4 is 38.5 Å². The SMILES string of the molecule is CCN(C(=O)CSc1nc2ccccc2n1-c1ccc(C)cc1)C1CCS(=O)(=O)C1. The highest BCUT2D eigenvalue weighted by Crippen LogP contribution is 2.29. The van der Waals surface area contributed by atoms with Crippen molar-refractivity contribution in [3.05, 3.63) is 54.1 Å². The van der Waals surface area contributed by atoms with Crippen molar-refractivity contribution in [2.45, 2.75) is 31.5 Å². The summed E-state index contributed by atoms with van der Waals surface area (Å²) < 4.78 is 25.7. The maximum atomic E-state index is 12.9. The lowest BCUT2D eigenvalue weighted by Gasteiger charge is -2.26. The van der Waals surface area contributed by atoms with Crippen molar-refractivity contribution in [3.63, 3.8) is 0 Å². The van der Waals surface area contributed by atoms with Crippen LogP contribution >= 0.6 is 11.8 Å². The molecule has 0 aliphatic carbocycles. The molecular weight excluding hydrogens is 418 g/mol. The summed E-state index contributed by atoms with van der Waals surface area (Å²) in [4.78, 5) is 19.4. The lowest BCUT2D eigenvalue weighted by Crippen LogP contribution is -2.42. The molecule has 1 atom stereocenters. The highest BCUT2D eigenvalue weighted by Gasteiger charge is 2.33. The Morgan fingerprint density at radius 3 is 2.60 bits per heavy atom. The number of amides is 1. The van der Waals surface area contributed by atoms with Crippen molar-refractivity contribution < 1.29 is 13.2 Å². The predicted molar refractivity (Wildman–Crippen MR) is 121 cm³/mol. The van der Waals surface area contributed by atoms with E-state index in [2.05, 4.69) is 28.8 Å². The van der Waals surface area contributed by atoms with E-state index in [9.17, 15) is 13.2 Å². The van der Waals surface area contributed by atoms with Gasteiger partial charge in [-0.1, -0.05) is 41.6 Å². The number of sulfone groups is 1. The number of thioether (sulfide) groups is 1. The minimum absolute atomic E-state index is 0.0490. The van der Waals surface area contributed by atoms with E-state index in [1.54, 1.807) is 4.90 Å². The van der Waals surface area contributed by atoms with Gasteiger partial charge >= 0.3 is 0 Å². The lowest BCUT2D eigenvalue weighted by atomic mass is 10.2. The van der Waals surface area contributed by atoms with Crippen molar-refractivity contribution in [3.8, 4) is 5.69 Å². The Balaban J connectivity index is 1.58. The van der Waals surface area contributed by atoms with Crippen LogP contribution in [-0.2, 0) is 14.6 Å². The first-order valence-corrected chi connectivity index (χ1v) is 12.9. The molecule has 6 nitrogen and oxygen atoms in total. The third-order valence-electron chi connectivity index (χ3n) is 5.46. The molecule has 8 heteroatoms. The molecule has 3 aromatic rings. The molecule has 1 aliphatic heterocycles. The normalized spacial score (nSPS) is 18.0. The molecule has 1 aromatic heterocycles. The number of benzene rings is 2. The number of hydrogen-bond acceptors (Lipinski definition) is 5. The number of fused-ring (bicyclic) bond motifs is 1. The van der Waals surface area contributed by atoms with E-state index in [0.717, 1.165) is 21.9 Å². The Morgan fingerprint density at radius 1 is 1.20 bits per heavy atom. The van der Waals surface area contributed by atoms with E-state index in [1.165, 1.54) is 17.3 Å². The van der Waals surface area contributed by atoms with E-state index < -0.39 is 9.84 Å². The van der Waals surface area contributed by atoms with E-state index in [0.29, 0.717) is 13.0 Å². The second-order valence-corrected chi connectivity index (χ2v) is 10.8. The molecule has 1 fully saturated rings. The fourth-order valence-electron chi connectivity index (χ4n) is 3.91. The topological polar surface area (TPSA) is 72.3 Å². The van der Waals surface area contributed by atoms with E-state index >= 15 is 0 Å². The minimum Gasteiger partial charge on any atom is -0.338 e. The van der Waals surface area contributed by atoms with Gasteiger partial charge in [-0.2, -0.15) is 0 Å². The smallest absolute Gasteiger partial charge is 0.233 e. The average Bonchev–Trinajstić information content (AvgIpc) is 3.27. The molecule has 0 N–H and O–H groups in total. The van der Waals surface area contributed by atoms with Crippen LogP contribution in [0.3, 0.4) is 0 Å². The number of para-hydroxylation sites is 2. The summed E-state index contributed by atoms with van der Waals surface area (Å²) in [5.74, 6) is 0.406. The van der Waals surface area contributed by atoms with Crippen molar-refractivity contribution in [1.82, 2.24) is 14.5 Å². The third-order valence-corrected chi connectivity index (χ3v) is 8.13. The summed E-state index contributed by atoms with van der Waals surface area (Å²) in [5.41, 5.74) is 4.05. The zero-order chi connectivity index (χ0) is 21.3. The molecule has 1 saturated heterocycles. The highest BCUT2D eigenvalue weighted by atomic mass is 32.2. The molecule has 1 amide bonds. The molecule has 2 aromatic carbocycles. The number of aromatic nitrogens is 2. The standard InChI is InChI=1S/C22H25N3O3S2/c1-3-24(18-12-13-30(27,28)15-18)21(26)14-29-22-23-19-6-4-5-7-20(19)25(22)17-10-8-16(2)9-11-17/h4-11,18H,3,12-15H2,1-2H3. The van der Waals surface area contributed by atoms with Gasteiger partial charge in [0.2, 0.25) is 5.91 Å². The van der Waals surface area contributed by atoms with Gasteiger partial charge in [0.1, 0.15) is 0 Å². The monoisotopic (exact) mass is 443 g/mol. The molecule has 0 saturated carbocycles. The molecule has 158 valence electrons. The van der Waals surface area contributed by atoms with Crippen LogP contribution in [0.5, 0.6) is 0 Å². The number of carbonyl (C=O) groups is 1. The lowest BCUT2D eigenvalue weighted by molar-refractivity contribution is -0.129. The number of nitrogens with zero attached hydrogens (tertiary/aromatic N) is 3. The van der Waals surface area contributed by atoms with E-state index in [4.69, 9.17) is 4.98 Å². The number of imidazole rings is 1. The van der Waals surface area contributed by atoms with Gasteiger partial charge in [0.15, 0.2) is 15.0 Å². The molecular formula is C22H25N3O3S2. The van der Waals surface area contributed by atoms with Gasteiger partial charge in [-0.3, -0.25) is 9.36 Å². The maximum Gasteiger partial charge on any atom is 0.233 e. The summed E-state index contributed by atoms with van der Waals surface area (Å²) in [6, 6.07) is 15.9. The first kappa shape index (κ1) is 20.9. The van der Waals surface area contributed by atoms with Crippen LogP contribution in [0.2, 0.25) is 0 Å². The summed E-state index contributed by atoms with van der Waals surface area (Å²) in [5, 5.41) is 0.753. The Bertz CT molecular complexity index is 1170. The Labute approximate surface area is 181 Å². The van der Waals surface area contributed by atoms with Crippen LogP contribution < -0.4 is 0 Å². The van der Waals surface area contributed by atoms with Crippen LogP contribution in [0.25, 0.3) is 16.7 Å². The van der Waals surface area contributed by atoms with Gasteiger partial charge in [0.05, 0.1) is 28.3 Å². The molecule has 4 rings (SSSR count). The number of aryl methyl sites for hydroxylation is 1.